The van der Waals surface area contributed by atoms with Gasteiger partial charge in [0.1, 0.15) is 19.3 Å². The average Bonchev–Trinajstić information content (AvgIpc) is 3.17. The molecule has 2 atom stereocenters. The molecule has 0 aliphatic carbocycles. The maximum atomic E-state index is 13.4. The van der Waals surface area contributed by atoms with Gasteiger partial charge in [-0.15, -0.1) is 0 Å². The number of likely N-dealkylation sites (N-methyl/N-ethyl adjacent to an activating group) is 1. The summed E-state index contributed by atoms with van der Waals surface area (Å²) in [5.74, 6) is 0.617. The highest BCUT2D eigenvalue weighted by molar-refractivity contribution is 6.35. The van der Waals surface area contributed by atoms with Crippen molar-refractivity contribution in [1.29, 1.82) is 0 Å². The molecule has 2 aromatic carbocycles. The van der Waals surface area contributed by atoms with Crippen molar-refractivity contribution in [3.8, 4) is 11.5 Å². The van der Waals surface area contributed by atoms with Crippen molar-refractivity contribution in [2.75, 3.05) is 32.8 Å². The fourth-order valence-electron chi connectivity index (χ4n) is 4.60. The van der Waals surface area contributed by atoms with E-state index in [9.17, 15) is 14.4 Å². The summed E-state index contributed by atoms with van der Waals surface area (Å²) in [5, 5.41) is 6.47. The number of fused-ring (bicyclic) bond motifs is 1. The molecule has 2 N–H and O–H groups in total. The number of benzene rings is 2. The van der Waals surface area contributed by atoms with E-state index in [-0.39, 0.29) is 43.6 Å². The minimum Gasteiger partial charge on any atom is -0.486 e. The molecular formula is C25H24Cl2N4O5. The van der Waals surface area contributed by atoms with E-state index in [4.69, 9.17) is 32.7 Å². The highest BCUT2D eigenvalue weighted by atomic mass is 35.5. The highest BCUT2D eigenvalue weighted by Crippen LogP contribution is 2.39. The molecule has 0 spiro atoms. The molecule has 2 aromatic rings. The second-order valence-corrected chi connectivity index (χ2v) is 9.46. The number of hydrogen-bond acceptors (Lipinski definition) is 5. The molecule has 0 saturated carbocycles. The largest absolute Gasteiger partial charge is 0.486 e. The van der Waals surface area contributed by atoms with Crippen LogP contribution in [-0.2, 0) is 9.59 Å². The van der Waals surface area contributed by atoms with Crippen molar-refractivity contribution in [3.05, 3.63) is 69.3 Å². The van der Waals surface area contributed by atoms with E-state index >= 15 is 0 Å². The fraction of sp³-hybridized carbons (Fsp3) is 0.320. The number of nitrogens with one attached hydrogen (secondary N) is 2. The Morgan fingerprint density at radius 2 is 1.94 bits per heavy atom. The number of halogens is 2. The molecule has 3 aliphatic heterocycles. The van der Waals surface area contributed by atoms with E-state index in [1.165, 1.54) is 9.80 Å². The van der Waals surface area contributed by atoms with Gasteiger partial charge in [0.25, 0.3) is 5.91 Å². The number of hydrogen-bond donors (Lipinski definition) is 2. The molecule has 0 unspecified atom stereocenters. The molecule has 188 valence electrons. The summed E-state index contributed by atoms with van der Waals surface area (Å²) in [7, 11) is 0. The van der Waals surface area contributed by atoms with Gasteiger partial charge in [0.15, 0.2) is 11.5 Å². The third kappa shape index (κ3) is 4.56. The van der Waals surface area contributed by atoms with E-state index in [0.29, 0.717) is 51.5 Å². The van der Waals surface area contributed by atoms with Gasteiger partial charge in [-0.3, -0.25) is 14.5 Å². The minimum absolute atomic E-state index is 0.140. The summed E-state index contributed by atoms with van der Waals surface area (Å²) in [6.45, 7) is 2.71. The molecule has 9 nitrogen and oxygen atoms in total. The SMILES string of the molecule is CCN1C(=O)N[C@@H](c2ccc(Cl)cc2Cl)C2=C1CN(CC(=O)NC[C@H]1COc3ccccc3O1)C2=O. The molecule has 0 radical (unpaired) electrons. The molecule has 0 bridgehead atoms. The van der Waals surface area contributed by atoms with Crippen LogP contribution < -0.4 is 20.1 Å². The Labute approximate surface area is 217 Å². The molecule has 11 heteroatoms. The molecule has 0 saturated heterocycles. The quantitative estimate of drug-likeness (QED) is 0.597. The first kappa shape index (κ1) is 24.3. The Morgan fingerprint density at radius 1 is 1.17 bits per heavy atom. The number of carbonyl (C=O) groups is 3. The van der Waals surface area contributed by atoms with Gasteiger partial charge >= 0.3 is 6.03 Å². The monoisotopic (exact) mass is 530 g/mol. The first-order valence-corrected chi connectivity index (χ1v) is 12.3. The Morgan fingerprint density at radius 3 is 2.69 bits per heavy atom. The van der Waals surface area contributed by atoms with Crippen LogP contribution in [0, 0.1) is 0 Å². The molecule has 4 amide bonds. The van der Waals surface area contributed by atoms with E-state index < -0.39 is 6.04 Å². The van der Waals surface area contributed by atoms with Crippen LogP contribution in [0.1, 0.15) is 18.5 Å². The van der Waals surface area contributed by atoms with Crippen LogP contribution in [-0.4, -0.2) is 66.5 Å². The van der Waals surface area contributed by atoms with Gasteiger partial charge in [0.2, 0.25) is 5.91 Å². The highest BCUT2D eigenvalue weighted by Gasteiger charge is 2.44. The molecule has 36 heavy (non-hydrogen) atoms. The van der Waals surface area contributed by atoms with Crippen LogP contribution in [0.3, 0.4) is 0 Å². The number of carbonyl (C=O) groups excluding carboxylic acids is 3. The maximum absolute atomic E-state index is 13.4. The van der Waals surface area contributed by atoms with Gasteiger partial charge in [-0.1, -0.05) is 41.4 Å². The number of rotatable bonds is 6. The molecule has 3 heterocycles. The number of urea groups is 1. The summed E-state index contributed by atoms with van der Waals surface area (Å²) in [6, 6.07) is 11.2. The lowest BCUT2D eigenvalue weighted by Gasteiger charge is -2.33. The lowest BCUT2D eigenvalue weighted by Crippen LogP contribution is -2.47. The Hall–Kier alpha value is -3.43. The third-order valence-electron chi connectivity index (χ3n) is 6.32. The van der Waals surface area contributed by atoms with Crippen molar-refractivity contribution < 1.29 is 23.9 Å². The van der Waals surface area contributed by atoms with Gasteiger partial charge < -0.3 is 25.0 Å². The molecule has 0 aromatic heterocycles. The van der Waals surface area contributed by atoms with Crippen molar-refractivity contribution in [3.63, 3.8) is 0 Å². The summed E-state index contributed by atoms with van der Waals surface area (Å²) in [5.41, 5.74) is 1.52. The Balaban J connectivity index is 1.27. The molecular weight excluding hydrogens is 507 g/mol. The van der Waals surface area contributed by atoms with Crippen molar-refractivity contribution in [1.82, 2.24) is 20.4 Å². The first-order chi connectivity index (χ1) is 17.4. The fourth-order valence-corrected chi connectivity index (χ4v) is 5.12. The minimum atomic E-state index is -0.742. The Bertz CT molecular complexity index is 1270. The zero-order valence-electron chi connectivity index (χ0n) is 19.4. The first-order valence-electron chi connectivity index (χ1n) is 11.6. The van der Waals surface area contributed by atoms with Gasteiger partial charge in [-0.05, 0) is 36.8 Å². The lowest BCUT2D eigenvalue weighted by molar-refractivity contribution is -0.132. The summed E-state index contributed by atoms with van der Waals surface area (Å²) >= 11 is 12.4. The number of ether oxygens (including phenoxy) is 2. The van der Waals surface area contributed by atoms with Crippen LogP contribution in [0.5, 0.6) is 11.5 Å². The number of amides is 4. The van der Waals surface area contributed by atoms with Crippen LogP contribution in [0.25, 0.3) is 0 Å². The van der Waals surface area contributed by atoms with E-state index in [1.807, 2.05) is 25.1 Å². The van der Waals surface area contributed by atoms with Crippen LogP contribution >= 0.6 is 23.2 Å². The number of para-hydroxylation sites is 2. The summed E-state index contributed by atoms with van der Waals surface area (Å²) in [4.78, 5) is 41.9. The average molecular weight is 531 g/mol. The van der Waals surface area contributed by atoms with E-state index in [0.717, 1.165) is 0 Å². The van der Waals surface area contributed by atoms with Gasteiger partial charge in [0, 0.05) is 16.6 Å². The van der Waals surface area contributed by atoms with Crippen LogP contribution in [0.4, 0.5) is 4.79 Å². The number of nitrogens with zero attached hydrogens (tertiary/aromatic N) is 2. The summed E-state index contributed by atoms with van der Waals surface area (Å²) in [6.07, 6.45) is -0.349. The second-order valence-electron chi connectivity index (χ2n) is 8.62. The molecule has 3 aliphatic rings. The standard InChI is InChI=1S/C25H24Cl2N4O5/c1-2-31-18-11-30(12-21(32)28-10-15-13-35-19-5-3-4-6-20(19)36-15)24(33)22(18)23(29-25(31)34)16-8-7-14(26)9-17(16)27/h3-9,15,23H,2,10-13H2,1H3,(H,28,32)(H,29,34)/t15-,23-/m0/s1. The predicted molar refractivity (Wildman–Crippen MR) is 133 cm³/mol. The second kappa shape index (κ2) is 9.91. The third-order valence-corrected chi connectivity index (χ3v) is 6.88. The van der Waals surface area contributed by atoms with E-state index in [1.54, 1.807) is 24.3 Å². The van der Waals surface area contributed by atoms with Gasteiger partial charge in [0.05, 0.1) is 30.4 Å². The van der Waals surface area contributed by atoms with E-state index in [2.05, 4.69) is 10.6 Å². The van der Waals surface area contributed by atoms with Crippen LogP contribution in [0.15, 0.2) is 53.7 Å². The van der Waals surface area contributed by atoms with Crippen molar-refractivity contribution in [2.24, 2.45) is 0 Å². The Kier molecular flexibility index (Phi) is 6.68. The van der Waals surface area contributed by atoms with Crippen molar-refractivity contribution >= 4 is 41.0 Å². The molecule has 0 fully saturated rings. The normalized spacial score (nSPS) is 20.9. The van der Waals surface area contributed by atoms with Crippen LogP contribution in [0.2, 0.25) is 10.0 Å². The predicted octanol–water partition coefficient (Wildman–Crippen LogP) is 3.13. The van der Waals surface area contributed by atoms with Gasteiger partial charge in [-0.2, -0.15) is 0 Å². The smallest absolute Gasteiger partial charge is 0.322 e. The zero-order valence-corrected chi connectivity index (χ0v) is 20.9. The van der Waals surface area contributed by atoms with Crippen molar-refractivity contribution in [2.45, 2.75) is 19.1 Å². The topological polar surface area (TPSA) is 100 Å². The zero-order chi connectivity index (χ0) is 25.4. The molecule has 5 rings (SSSR count). The van der Waals surface area contributed by atoms with Gasteiger partial charge in [-0.25, -0.2) is 4.79 Å². The maximum Gasteiger partial charge on any atom is 0.322 e. The lowest BCUT2D eigenvalue weighted by atomic mass is 9.95. The summed E-state index contributed by atoms with van der Waals surface area (Å²) < 4.78 is 11.5.